The maximum Gasteiger partial charge on any atom is 0.338 e. The van der Waals surface area contributed by atoms with Crippen LogP contribution in [0.5, 0.6) is 17.2 Å². The van der Waals surface area contributed by atoms with E-state index in [0.717, 1.165) is 5.56 Å². The van der Waals surface area contributed by atoms with Crippen LogP contribution in [0.2, 0.25) is 10.0 Å². The molecule has 12 heteroatoms. The third kappa shape index (κ3) is 6.30. The Kier molecular flexibility index (Phi) is 9.84. The van der Waals surface area contributed by atoms with Crippen molar-refractivity contribution in [1.82, 2.24) is 4.57 Å². The molecule has 228 valence electrons. The number of hydrogen-bond donors (Lipinski definition) is 0. The van der Waals surface area contributed by atoms with Crippen LogP contribution in [-0.4, -0.2) is 31.4 Å². The summed E-state index contributed by atoms with van der Waals surface area (Å²) in [6, 6.07) is 15.2. The Morgan fingerprint density at radius 1 is 1.07 bits per heavy atom. The maximum absolute atomic E-state index is 14.2. The number of esters is 1. The first-order valence-corrected chi connectivity index (χ1v) is 15.8. The van der Waals surface area contributed by atoms with Gasteiger partial charge in [0.1, 0.15) is 12.4 Å². The van der Waals surface area contributed by atoms with E-state index in [1.165, 1.54) is 30.1 Å². The van der Waals surface area contributed by atoms with Crippen LogP contribution >= 0.6 is 50.5 Å². The molecule has 4 aromatic rings. The maximum atomic E-state index is 14.2. The molecule has 5 rings (SSSR count). The highest BCUT2D eigenvalue weighted by atomic mass is 79.9. The molecule has 0 unspecified atom stereocenters. The van der Waals surface area contributed by atoms with Gasteiger partial charge in [-0.25, -0.2) is 9.79 Å². The minimum absolute atomic E-state index is 0.165. The monoisotopic (exact) mass is 716 g/mol. The van der Waals surface area contributed by atoms with Crippen molar-refractivity contribution in [2.24, 2.45) is 4.99 Å². The van der Waals surface area contributed by atoms with Crippen LogP contribution in [0.25, 0.3) is 6.08 Å². The highest BCUT2D eigenvalue weighted by Crippen LogP contribution is 2.40. The summed E-state index contributed by atoms with van der Waals surface area (Å²) in [5, 5.41) is 1.03. The number of carbonyl (C=O) groups excluding carboxylic acids is 1. The van der Waals surface area contributed by atoms with Crippen molar-refractivity contribution in [2.45, 2.75) is 26.5 Å². The predicted molar refractivity (Wildman–Crippen MR) is 175 cm³/mol. The zero-order valence-electron chi connectivity index (χ0n) is 24.2. The first kappa shape index (κ1) is 31.8. The molecule has 0 bridgehead atoms. The van der Waals surface area contributed by atoms with Gasteiger partial charge in [0.05, 0.1) is 42.7 Å². The van der Waals surface area contributed by atoms with Crippen molar-refractivity contribution >= 4 is 62.5 Å². The molecule has 1 aliphatic heterocycles. The number of aromatic nitrogens is 1. The smallest absolute Gasteiger partial charge is 0.338 e. The summed E-state index contributed by atoms with van der Waals surface area (Å²) in [5.74, 6) is 0.934. The molecule has 1 aromatic heterocycles. The van der Waals surface area contributed by atoms with Gasteiger partial charge < -0.3 is 18.9 Å². The van der Waals surface area contributed by atoms with Gasteiger partial charge in [-0.15, -0.1) is 0 Å². The normalized spacial score (nSPS) is 14.6. The number of carbonyl (C=O) groups is 1. The second-order valence-corrected chi connectivity index (χ2v) is 12.3. The highest BCUT2D eigenvalue weighted by molar-refractivity contribution is 9.10. The first-order chi connectivity index (χ1) is 21.2. The lowest BCUT2D eigenvalue weighted by molar-refractivity contribution is -0.139. The number of allylic oxidation sites excluding steroid dienone is 1. The summed E-state index contributed by atoms with van der Waals surface area (Å²) in [7, 11) is 3.06. The van der Waals surface area contributed by atoms with Crippen LogP contribution in [0, 0.1) is 0 Å². The number of halogens is 3. The number of benzene rings is 3. The van der Waals surface area contributed by atoms with Crippen molar-refractivity contribution < 1.29 is 23.7 Å². The van der Waals surface area contributed by atoms with Crippen LogP contribution in [0.15, 0.2) is 80.1 Å². The number of hydrogen-bond acceptors (Lipinski definition) is 8. The van der Waals surface area contributed by atoms with Crippen molar-refractivity contribution in [3.8, 4) is 17.2 Å². The summed E-state index contributed by atoms with van der Waals surface area (Å²) < 4.78 is 25.1. The second kappa shape index (κ2) is 13.6. The zero-order chi connectivity index (χ0) is 31.5. The fourth-order valence-corrected chi connectivity index (χ4v) is 6.87. The Morgan fingerprint density at radius 3 is 2.50 bits per heavy atom. The number of methoxy groups -OCH3 is 2. The molecule has 0 fully saturated rings. The van der Waals surface area contributed by atoms with Gasteiger partial charge in [0.2, 0.25) is 0 Å². The number of nitrogens with zero attached hydrogens (tertiary/aromatic N) is 2. The van der Waals surface area contributed by atoms with Crippen LogP contribution in [0.4, 0.5) is 0 Å². The third-order valence-corrected chi connectivity index (χ3v) is 9.18. The topological polar surface area (TPSA) is 88.4 Å². The van der Waals surface area contributed by atoms with Gasteiger partial charge in [-0.2, -0.15) is 0 Å². The van der Waals surface area contributed by atoms with Gasteiger partial charge in [0.15, 0.2) is 16.3 Å². The van der Waals surface area contributed by atoms with E-state index in [4.69, 9.17) is 42.1 Å². The summed E-state index contributed by atoms with van der Waals surface area (Å²) >= 11 is 17.2. The van der Waals surface area contributed by atoms with E-state index in [2.05, 4.69) is 20.9 Å². The molecule has 1 aliphatic rings. The molecule has 1 atom stereocenters. The summed E-state index contributed by atoms with van der Waals surface area (Å²) in [5.41, 5.74) is 2.44. The number of para-hydroxylation sites is 1. The van der Waals surface area contributed by atoms with E-state index in [-0.39, 0.29) is 24.3 Å². The van der Waals surface area contributed by atoms with Crippen LogP contribution in [0.1, 0.15) is 36.6 Å². The van der Waals surface area contributed by atoms with E-state index in [1.54, 1.807) is 50.3 Å². The van der Waals surface area contributed by atoms with Crippen molar-refractivity contribution in [1.29, 1.82) is 0 Å². The zero-order valence-corrected chi connectivity index (χ0v) is 28.1. The lowest BCUT2D eigenvalue weighted by Crippen LogP contribution is -2.40. The van der Waals surface area contributed by atoms with E-state index in [9.17, 15) is 9.59 Å². The summed E-state index contributed by atoms with van der Waals surface area (Å²) in [6.45, 7) is 3.83. The fourth-order valence-electron chi connectivity index (χ4n) is 4.83. The third-order valence-electron chi connectivity index (χ3n) is 6.92. The minimum atomic E-state index is -0.847. The van der Waals surface area contributed by atoms with Crippen molar-refractivity contribution in [3.63, 3.8) is 0 Å². The SMILES string of the molecule is CCOC(=O)C1=C(C)N=c2s/c(=C/c3ccccc3OCc3ccc(Cl)cc3Cl)c(=O)n2[C@H]1c1cc(OC)c(OC)cc1Br. The second-order valence-electron chi connectivity index (χ2n) is 9.59. The minimum Gasteiger partial charge on any atom is -0.493 e. The van der Waals surface area contributed by atoms with Crippen LogP contribution < -0.4 is 29.1 Å². The largest absolute Gasteiger partial charge is 0.493 e. The Labute approximate surface area is 275 Å². The lowest BCUT2D eigenvalue weighted by atomic mass is 9.95. The number of fused-ring (bicyclic) bond motifs is 1. The van der Waals surface area contributed by atoms with Gasteiger partial charge in [-0.3, -0.25) is 9.36 Å². The molecule has 0 N–H and O–H groups in total. The Balaban J connectivity index is 1.64. The molecular weight excluding hydrogens is 691 g/mol. The average Bonchev–Trinajstić information content (AvgIpc) is 3.30. The summed E-state index contributed by atoms with van der Waals surface area (Å²) in [6.07, 6.45) is 1.76. The molecule has 0 saturated heterocycles. The quantitative estimate of drug-likeness (QED) is 0.185. The fraction of sp³-hybridized carbons (Fsp3) is 0.219. The van der Waals surface area contributed by atoms with E-state index >= 15 is 0 Å². The molecule has 2 heterocycles. The van der Waals surface area contributed by atoms with Crippen LogP contribution in [0.3, 0.4) is 0 Å². The standard InChI is InChI=1S/C32H27BrCl2N2O6S/c1-5-42-31(39)28-17(2)36-32-37(29(28)21-14-25(40-3)26(41-4)15-22(21)33)30(38)27(44-32)12-18-8-6-7-9-24(18)43-16-19-10-11-20(34)13-23(19)35/h6-15,29H,5,16H2,1-4H3/b27-12+/t29-/m0/s1. The average molecular weight is 718 g/mol. The van der Waals surface area contributed by atoms with E-state index in [0.29, 0.717) is 57.9 Å². The van der Waals surface area contributed by atoms with Gasteiger partial charge >= 0.3 is 5.97 Å². The number of rotatable bonds is 9. The van der Waals surface area contributed by atoms with Crippen molar-refractivity contribution in [3.05, 3.63) is 117 Å². The molecule has 0 saturated carbocycles. The Bertz CT molecular complexity index is 1970. The molecular formula is C32H27BrCl2N2O6S. The molecule has 0 radical (unpaired) electrons. The molecule has 0 spiro atoms. The van der Waals surface area contributed by atoms with Crippen molar-refractivity contribution in [2.75, 3.05) is 20.8 Å². The Morgan fingerprint density at radius 2 is 1.80 bits per heavy atom. The molecule has 3 aromatic carbocycles. The Hall–Kier alpha value is -3.57. The van der Waals surface area contributed by atoms with Gasteiger partial charge in [0.25, 0.3) is 5.56 Å². The summed E-state index contributed by atoms with van der Waals surface area (Å²) in [4.78, 5) is 32.6. The van der Waals surface area contributed by atoms with Crippen LogP contribution in [-0.2, 0) is 16.1 Å². The molecule has 0 amide bonds. The first-order valence-electron chi connectivity index (χ1n) is 13.4. The predicted octanol–water partition coefficient (Wildman–Crippen LogP) is 6.46. The van der Waals surface area contributed by atoms with Gasteiger partial charge in [-0.1, -0.05) is 74.7 Å². The molecule has 44 heavy (non-hydrogen) atoms. The molecule has 8 nitrogen and oxygen atoms in total. The van der Waals surface area contributed by atoms with E-state index < -0.39 is 12.0 Å². The highest BCUT2D eigenvalue weighted by Gasteiger charge is 2.35. The van der Waals surface area contributed by atoms with E-state index in [1.807, 2.05) is 24.3 Å². The lowest BCUT2D eigenvalue weighted by Gasteiger charge is -2.26. The number of thiazole rings is 1. The van der Waals surface area contributed by atoms with Gasteiger partial charge in [-0.05, 0) is 55.8 Å². The van der Waals surface area contributed by atoms with Gasteiger partial charge in [0, 0.05) is 25.6 Å². The molecule has 0 aliphatic carbocycles. The number of ether oxygens (including phenoxy) is 4.